The highest BCUT2D eigenvalue weighted by molar-refractivity contribution is 5.94. The molecule has 0 atom stereocenters. The number of carbonyl (C=O) groups excluding carboxylic acids is 2. The van der Waals surface area contributed by atoms with E-state index in [2.05, 4.69) is 17.6 Å². The quantitative estimate of drug-likeness (QED) is 0.782. The second kappa shape index (κ2) is 9.50. The van der Waals surface area contributed by atoms with Gasteiger partial charge in [-0.1, -0.05) is 55.8 Å². The highest BCUT2D eigenvalue weighted by Crippen LogP contribution is 2.11. The lowest BCUT2D eigenvalue weighted by atomic mass is 10.1. The van der Waals surface area contributed by atoms with E-state index in [-0.39, 0.29) is 24.8 Å². The highest BCUT2D eigenvalue weighted by Gasteiger charge is 2.07. The molecule has 2 N–H and O–H groups in total. The van der Waals surface area contributed by atoms with Gasteiger partial charge >= 0.3 is 0 Å². The number of rotatable bonds is 8. The van der Waals surface area contributed by atoms with Crippen molar-refractivity contribution in [3.63, 3.8) is 0 Å². The number of hydrogen-bond acceptors (Lipinski definition) is 2. The predicted molar refractivity (Wildman–Crippen MR) is 96.8 cm³/mol. The van der Waals surface area contributed by atoms with Gasteiger partial charge in [0.1, 0.15) is 0 Å². The summed E-state index contributed by atoms with van der Waals surface area (Å²) < 4.78 is 0. The second-order valence-electron chi connectivity index (χ2n) is 5.79. The molecular formula is C20H24N2O2. The first-order valence-corrected chi connectivity index (χ1v) is 8.37. The standard InChI is InChI=1S/C20H24N2O2/c1-2-3-7-16-10-12-18(13-11-16)22-20(24)15-21-19(23)14-17-8-5-4-6-9-17/h4-6,8-13H,2-3,7,14-15H2,1H3,(H,21,23)(H,22,24). The molecule has 0 fully saturated rings. The summed E-state index contributed by atoms with van der Waals surface area (Å²) in [6, 6.07) is 17.3. The van der Waals surface area contributed by atoms with Crippen molar-refractivity contribution in [1.29, 1.82) is 0 Å². The molecule has 126 valence electrons. The number of anilines is 1. The lowest BCUT2D eigenvalue weighted by Crippen LogP contribution is -2.33. The minimum absolute atomic E-state index is 0.0246. The van der Waals surface area contributed by atoms with Gasteiger partial charge in [-0.25, -0.2) is 0 Å². The van der Waals surface area contributed by atoms with E-state index < -0.39 is 0 Å². The van der Waals surface area contributed by atoms with E-state index in [4.69, 9.17) is 0 Å². The smallest absolute Gasteiger partial charge is 0.243 e. The van der Waals surface area contributed by atoms with Crippen LogP contribution in [0.2, 0.25) is 0 Å². The van der Waals surface area contributed by atoms with Crippen molar-refractivity contribution in [3.8, 4) is 0 Å². The SMILES string of the molecule is CCCCc1ccc(NC(=O)CNC(=O)Cc2ccccc2)cc1. The molecule has 0 aliphatic carbocycles. The summed E-state index contributed by atoms with van der Waals surface area (Å²) in [5.74, 6) is -0.385. The largest absolute Gasteiger partial charge is 0.347 e. The summed E-state index contributed by atoms with van der Waals surface area (Å²) in [6.07, 6.45) is 3.67. The number of nitrogens with one attached hydrogen (secondary N) is 2. The Morgan fingerprint density at radius 1 is 0.875 bits per heavy atom. The molecule has 0 aliphatic heterocycles. The van der Waals surface area contributed by atoms with Crippen molar-refractivity contribution in [2.75, 3.05) is 11.9 Å². The van der Waals surface area contributed by atoms with Crippen LogP contribution in [0.25, 0.3) is 0 Å². The second-order valence-corrected chi connectivity index (χ2v) is 5.79. The molecule has 2 aromatic rings. The monoisotopic (exact) mass is 324 g/mol. The van der Waals surface area contributed by atoms with Crippen LogP contribution < -0.4 is 10.6 Å². The third-order valence-corrected chi connectivity index (χ3v) is 3.71. The van der Waals surface area contributed by atoms with Gasteiger partial charge in [-0.05, 0) is 36.1 Å². The molecule has 0 bridgehead atoms. The molecule has 0 radical (unpaired) electrons. The Bertz CT molecular complexity index is 651. The molecular weight excluding hydrogens is 300 g/mol. The number of carbonyl (C=O) groups is 2. The normalized spacial score (nSPS) is 10.2. The summed E-state index contributed by atoms with van der Waals surface area (Å²) in [5, 5.41) is 5.43. The first kappa shape index (κ1) is 17.7. The van der Waals surface area contributed by atoms with Crippen LogP contribution in [0.15, 0.2) is 54.6 Å². The van der Waals surface area contributed by atoms with E-state index in [0.717, 1.165) is 17.7 Å². The van der Waals surface area contributed by atoms with Gasteiger partial charge in [-0.15, -0.1) is 0 Å². The van der Waals surface area contributed by atoms with Crippen LogP contribution in [0.5, 0.6) is 0 Å². The Labute approximate surface area is 143 Å². The van der Waals surface area contributed by atoms with E-state index in [1.165, 1.54) is 18.4 Å². The topological polar surface area (TPSA) is 58.2 Å². The first-order valence-electron chi connectivity index (χ1n) is 8.37. The Kier molecular flexibility index (Phi) is 7.02. The molecule has 4 nitrogen and oxygen atoms in total. The molecule has 0 heterocycles. The number of amides is 2. The van der Waals surface area contributed by atoms with Gasteiger partial charge in [-0.2, -0.15) is 0 Å². The summed E-state index contributed by atoms with van der Waals surface area (Å²) in [5.41, 5.74) is 2.95. The maximum absolute atomic E-state index is 11.9. The maximum atomic E-state index is 11.9. The van der Waals surface area contributed by atoms with E-state index in [0.29, 0.717) is 0 Å². The molecule has 2 rings (SSSR count). The fraction of sp³-hybridized carbons (Fsp3) is 0.300. The lowest BCUT2D eigenvalue weighted by Gasteiger charge is -2.08. The molecule has 0 spiro atoms. The summed E-state index contributed by atoms with van der Waals surface area (Å²) >= 11 is 0. The third kappa shape index (κ3) is 6.24. The van der Waals surface area contributed by atoms with Crippen LogP contribution in [0, 0.1) is 0 Å². The van der Waals surface area contributed by atoms with Crippen molar-refractivity contribution in [2.45, 2.75) is 32.6 Å². The lowest BCUT2D eigenvalue weighted by molar-refractivity contribution is -0.123. The average molecular weight is 324 g/mol. The van der Waals surface area contributed by atoms with Crippen LogP contribution >= 0.6 is 0 Å². The van der Waals surface area contributed by atoms with Crippen LogP contribution in [0.4, 0.5) is 5.69 Å². The first-order chi connectivity index (χ1) is 11.7. The molecule has 2 aromatic carbocycles. The fourth-order valence-electron chi connectivity index (χ4n) is 2.36. The number of unbranched alkanes of at least 4 members (excludes halogenated alkanes) is 1. The molecule has 2 amide bonds. The molecule has 0 unspecified atom stereocenters. The van der Waals surface area contributed by atoms with E-state index in [1.807, 2.05) is 54.6 Å². The average Bonchev–Trinajstić information content (AvgIpc) is 2.60. The maximum Gasteiger partial charge on any atom is 0.243 e. The summed E-state index contributed by atoms with van der Waals surface area (Å²) in [6.45, 7) is 2.14. The van der Waals surface area contributed by atoms with Gasteiger partial charge in [-0.3, -0.25) is 9.59 Å². The molecule has 0 saturated heterocycles. The van der Waals surface area contributed by atoms with Gasteiger partial charge in [0, 0.05) is 5.69 Å². The van der Waals surface area contributed by atoms with E-state index in [9.17, 15) is 9.59 Å². The summed E-state index contributed by atoms with van der Waals surface area (Å²) in [4.78, 5) is 23.7. The fourth-order valence-corrected chi connectivity index (χ4v) is 2.36. The predicted octanol–water partition coefficient (Wildman–Crippen LogP) is 3.33. The minimum Gasteiger partial charge on any atom is -0.347 e. The van der Waals surface area contributed by atoms with Gasteiger partial charge < -0.3 is 10.6 Å². The van der Waals surface area contributed by atoms with E-state index >= 15 is 0 Å². The van der Waals surface area contributed by atoms with Crippen LogP contribution in [-0.4, -0.2) is 18.4 Å². The summed E-state index contributed by atoms with van der Waals surface area (Å²) in [7, 11) is 0. The van der Waals surface area contributed by atoms with Gasteiger partial charge in [0.25, 0.3) is 0 Å². The number of hydrogen-bond donors (Lipinski definition) is 2. The molecule has 0 saturated carbocycles. The van der Waals surface area contributed by atoms with Crippen molar-refractivity contribution >= 4 is 17.5 Å². The zero-order chi connectivity index (χ0) is 17.2. The Morgan fingerprint density at radius 2 is 1.58 bits per heavy atom. The Morgan fingerprint density at radius 3 is 2.25 bits per heavy atom. The van der Waals surface area contributed by atoms with Crippen LogP contribution in [0.1, 0.15) is 30.9 Å². The highest BCUT2D eigenvalue weighted by atomic mass is 16.2. The van der Waals surface area contributed by atoms with Crippen molar-refractivity contribution in [2.24, 2.45) is 0 Å². The Balaban J connectivity index is 1.73. The van der Waals surface area contributed by atoms with Crippen molar-refractivity contribution < 1.29 is 9.59 Å². The molecule has 24 heavy (non-hydrogen) atoms. The third-order valence-electron chi connectivity index (χ3n) is 3.71. The van der Waals surface area contributed by atoms with Gasteiger partial charge in [0.15, 0.2) is 0 Å². The zero-order valence-electron chi connectivity index (χ0n) is 14.0. The Hall–Kier alpha value is -2.62. The van der Waals surface area contributed by atoms with Crippen molar-refractivity contribution in [1.82, 2.24) is 5.32 Å². The van der Waals surface area contributed by atoms with Crippen LogP contribution in [-0.2, 0) is 22.4 Å². The van der Waals surface area contributed by atoms with Gasteiger partial charge in [0.05, 0.1) is 13.0 Å². The van der Waals surface area contributed by atoms with E-state index in [1.54, 1.807) is 0 Å². The van der Waals surface area contributed by atoms with Crippen molar-refractivity contribution in [3.05, 3.63) is 65.7 Å². The van der Waals surface area contributed by atoms with Crippen LogP contribution in [0.3, 0.4) is 0 Å². The van der Waals surface area contributed by atoms with Gasteiger partial charge in [0.2, 0.25) is 11.8 Å². The molecule has 0 aliphatic rings. The number of aryl methyl sites for hydroxylation is 1. The minimum atomic E-state index is -0.224. The molecule has 0 aromatic heterocycles. The molecule has 4 heteroatoms. The zero-order valence-corrected chi connectivity index (χ0v) is 14.0. The number of benzene rings is 2.